The zero-order valence-corrected chi connectivity index (χ0v) is 10.4. The maximum Gasteiger partial charge on any atom is 0.410 e. The van der Waals surface area contributed by atoms with Gasteiger partial charge in [-0.25, -0.2) is 4.79 Å². The highest BCUT2D eigenvalue weighted by Gasteiger charge is 2.45. The molecule has 2 unspecified atom stereocenters. The van der Waals surface area contributed by atoms with E-state index >= 15 is 0 Å². The molecule has 5 nitrogen and oxygen atoms in total. The highest BCUT2D eigenvalue weighted by atomic mass is 16.6. The normalized spacial score (nSPS) is 24.7. The summed E-state index contributed by atoms with van der Waals surface area (Å²) in [6, 6.07) is -0.151. The number of rotatable bonds is 1. The Labute approximate surface area is 95.7 Å². The number of methoxy groups -OCH3 is 1. The summed E-state index contributed by atoms with van der Waals surface area (Å²) in [7, 11) is 1.35. The molecule has 0 N–H and O–H groups in total. The molecule has 2 atom stereocenters. The van der Waals surface area contributed by atoms with Gasteiger partial charge in [0.05, 0.1) is 13.0 Å². The van der Waals surface area contributed by atoms with E-state index in [0.717, 1.165) is 0 Å². The molecule has 1 saturated heterocycles. The van der Waals surface area contributed by atoms with Crippen molar-refractivity contribution in [3.05, 3.63) is 0 Å². The third kappa shape index (κ3) is 2.65. The van der Waals surface area contributed by atoms with Gasteiger partial charge in [-0.15, -0.1) is 0 Å². The van der Waals surface area contributed by atoms with Crippen molar-refractivity contribution >= 4 is 12.1 Å². The van der Waals surface area contributed by atoms with Crippen molar-refractivity contribution in [1.29, 1.82) is 0 Å². The summed E-state index contributed by atoms with van der Waals surface area (Å²) in [5.74, 6) is -0.496. The molecular formula is C11H19NO4. The van der Waals surface area contributed by atoms with Crippen molar-refractivity contribution in [1.82, 2.24) is 4.90 Å². The number of carbonyl (C=O) groups excluding carboxylic acids is 2. The molecule has 1 rings (SSSR count). The van der Waals surface area contributed by atoms with E-state index in [2.05, 4.69) is 4.74 Å². The Bertz CT molecular complexity index is 295. The van der Waals surface area contributed by atoms with Gasteiger partial charge in [0.2, 0.25) is 0 Å². The van der Waals surface area contributed by atoms with Gasteiger partial charge in [0.1, 0.15) is 5.60 Å². The topological polar surface area (TPSA) is 55.8 Å². The minimum atomic E-state index is -0.507. The molecule has 0 aromatic carbocycles. The molecule has 0 aliphatic carbocycles. The fourth-order valence-corrected chi connectivity index (χ4v) is 1.59. The molecular weight excluding hydrogens is 210 g/mol. The number of hydrogen-bond acceptors (Lipinski definition) is 4. The van der Waals surface area contributed by atoms with E-state index in [1.54, 1.807) is 0 Å². The summed E-state index contributed by atoms with van der Waals surface area (Å²) in [6.07, 6.45) is -0.375. The number of ether oxygens (including phenoxy) is 2. The smallest absolute Gasteiger partial charge is 0.410 e. The molecule has 0 aromatic heterocycles. The molecule has 0 saturated carbocycles. The van der Waals surface area contributed by atoms with Crippen LogP contribution in [0.3, 0.4) is 0 Å². The number of nitrogens with zero attached hydrogens (tertiary/aromatic N) is 1. The van der Waals surface area contributed by atoms with Crippen molar-refractivity contribution in [2.24, 2.45) is 5.92 Å². The zero-order valence-electron chi connectivity index (χ0n) is 10.4. The molecule has 0 spiro atoms. The Hall–Kier alpha value is -1.26. The van der Waals surface area contributed by atoms with Crippen molar-refractivity contribution in [2.75, 3.05) is 13.7 Å². The van der Waals surface area contributed by atoms with E-state index in [1.165, 1.54) is 12.0 Å². The van der Waals surface area contributed by atoms with Gasteiger partial charge in [-0.3, -0.25) is 4.79 Å². The maximum absolute atomic E-state index is 11.7. The summed E-state index contributed by atoms with van der Waals surface area (Å²) in [5.41, 5.74) is -0.507. The minimum Gasteiger partial charge on any atom is -0.469 e. The van der Waals surface area contributed by atoms with Gasteiger partial charge in [0.25, 0.3) is 0 Å². The predicted octanol–water partition coefficient (Wildman–Crippen LogP) is 1.41. The average molecular weight is 229 g/mol. The lowest BCUT2D eigenvalue weighted by molar-refractivity contribution is -0.154. The fraction of sp³-hybridized carbons (Fsp3) is 0.818. The first-order valence-electron chi connectivity index (χ1n) is 5.33. The molecule has 1 aliphatic heterocycles. The van der Waals surface area contributed by atoms with Crippen LogP contribution in [0.1, 0.15) is 27.7 Å². The maximum atomic E-state index is 11.7. The lowest BCUT2D eigenvalue weighted by Crippen LogP contribution is -2.60. The zero-order chi connectivity index (χ0) is 12.5. The average Bonchev–Trinajstić information content (AvgIpc) is 2.12. The van der Waals surface area contributed by atoms with E-state index in [4.69, 9.17) is 4.74 Å². The number of likely N-dealkylation sites (tertiary alicyclic amines) is 1. The number of amides is 1. The van der Waals surface area contributed by atoms with Gasteiger partial charge < -0.3 is 14.4 Å². The van der Waals surface area contributed by atoms with Crippen LogP contribution in [-0.2, 0) is 14.3 Å². The van der Waals surface area contributed by atoms with E-state index < -0.39 is 5.60 Å². The third-order valence-electron chi connectivity index (χ3n) is 2.60. The van der Waals surface area contributed by atoms with Crippen LogP contribution in [0.4, 0.5) is 4.79 Å². The van der Waals surface area contributed by atoms with E-state index in [1.807, 2.05) is 27.7 Å². The largest absolute Gasteiger partial charge is 0.469 e. The van der Waals surface area contributed by atoms with Crippen molar-refractivity contribution in [2.45, 2.75) is 39.3 Å². The molecule has 92 valence electrons. The minimum absolute atomic E-state index is 0.151. The Morgan fingerprint density at radius 3 is 2.25 bits per heavy atom. The Balaban J connectivity index is 2.49. The SMILES string of the molecule is COC(=O)C1CN(C(=O)OC(C)(C)C)C1C. The molecule has 1 amide bonds. The fourth-order valence-electron chi connectivity index (χ4n) is 1.59. The van der Waals surface area contributed by atoms with Crippen LogP contribution in [-0.4, -0.2) is 42.3 Å². The number of hydrogen-bond donors (Lipinski definition) is 0. The van der Waals surface area contributed by atoms with Crippen LogP contribution in [0, 0.1) is 5.92 Å². The van der Waals surface area contributed by atoms with Gasteiger partial charge in [-0.05, 0) is 27.7 Å². The van der Waals surface area contributed by atoms with E-state index in [0.29, 0.717) is 6.54 Å². The molecule has 0 bridgehead atoms. The number of carbonyl (C=O) groups is 2. The van der Waals surface area contributed by atoms with Crippen molar-refractivity contribution in [3.63, 3.8) is 0 Å². The van der Waals surface area contributed by atoms with Crippen LogP contribution < -0.4 is 0 Å². The molecule has 0 aromatic rings. The Morgan fingerprint density at radius 1 is 1.31 bits per heavy atom. The van der Waals surface area contributed by atoms with Crippen LogP contribution in [0.2, 0.25) is 0 Å². The Kier molecular flexibility index (Phi) is 3.45. The van der Waals surface area contributed by atoms with Gasteiger partial charge in [-0.1, -0.05) is 0 Å². The quantitative estimate of drug-likeness (QED) is 0.638. The van der Waals surface area contributed by atoms with Crippen LogP contribution in [0.5, 0.6) is 0 Å². The van der Waals surface area contributed by atoms with E-state index in [9.17, 15) is 9.59 Å². The highest BCUT2D eigenvalue weighted by molar-refractivity contribution is 5.79. The summed E-state index contributed by atoms with van der Waals surface area (Å²) in [6.45, 7) is 7.63. The van der Waals surface area contributed by atoms with Crippen LogP contribution in [0.15, 0.2) is 0 Å². The Morgan fingerprint density at radius 2 is 1.88 bits per heavy atom. The molecule has 1 fully saturated rings. The van der Waals surface area contributed by atoms with Gasteiger partial charge in [0, 0.05) is 12.6 Å². The molecule has 16 heavy (non-hydrogen) atoms. The second kappa shape index (κ2) is 4.31. The van der Waals surface area contributed by atoms with Crippen molar-refractivity contribution < 1.29 is 19.1 Å². The first kappa shape index (κ1) is 12.8. The summed E-state index contributed by atoms with van der Waals surface area (Å²) in [5, 5.41) is 0. The standard InChI is InChI=1S/C11H19NO4/c1-7-8(9(13)15-5)6-12(7)10(14)16-11(2,3)4/h7-8H,6H2,1-5H3. The van der Waals surface area contributed by atoms with Crippen LogP contribution >= 0.6 is 0 Å². The first-order chi connectivity index (χ1) is 7.26. The summed E-state index contributed by atoms with van der Waals surface area (Å²) < 4.78 is 9.84. The molecule has 1 aliphatic rings. The molecule has 1 heterocycles. The van der Waals surface area contributed by atoms with Crippen molar-refractivity contribution in [3.8, 4) is 0 Å². The lowest BCUT2D eigenvalue weighted by Gasteiger charge is -2.44. The monoisotopic (exact) mass is 229 g/mol. The van der Waals surface area contributed by atoms with Gasteiger partial charge >= 0.3 is 12.1 Å². The van der Waals surface area contributed by atoms with E-state index in [-0.39, 0.29) is 24.0 Å². The summed E-state index contributed by atoms with van der Waals surface area (Å²) >= 11 is 0. The van der Waals surface area contributed by atoms with Gasteiger partial charge in [-0.2, -0.15) is 0 Å². The second-order valence-electron chi connectivity index (χ2n) is 5.00. The van der Waals surface area contributed by atoms with Gasteiger partial charge in [0.15, 0.2) is 0 Å². The first-order valence-corrected chi connectivity index (χ1v) is 5.33. The molecule has 5 heteroatoms. The van der Waals surface area contributed by atoms with Crippen LogP contribution in [0.25, 0.3) is 0 Å². The third-order valence-corrected chi connectivity index (χ3v) is 2.60. The molecule has 0 radical (unpaired) electrons. The lowest BCUT2D eigenvalue weighted by atomic mass is 9.90. The summed E-state index contributed by atoms with van der Waals surface area (Å²) in [4.78, 5) is 24.5. The second-order valence-corrected chi connectivity index (χ2v) is 5.00. The predicted molar refractivity (Wildman–Crippen MR) is 57.9 cm³/mol. The highest BCUT2D eigenvalue weighted by Crippen LogP contribution is 2.27. The number of esters is 1.